The van der Waals surface area contributed by atoms with Crippen molar-refractivity contribution in [1.29, 1.82) is 0 Å². The van der Waals surface area contributed by atoms with Crippen molar-refractivity contribution >= 4 is 6.09 Å². The zero-order valence-corrected chi connectivity index (χ0v) is 15.8. The van der Waals surface area contributed by atoms with Crippen LogP contribution in [0.1, 0.15) is 31.2 Å². The fourth-order valence-electron chi connectivity index (χ4n) is 3.91. The van der Waals surface area contributed by atoms with Crippen molar-refractivity contribution in [2.45, 2.75) is 44.2 Å². The molecule has 1 heterocycles. The minimum atomic E-state index is -0.245. The Kier molecular flexibility index (Phi) is 6.51. The van der Waals surface area contributed by atoms with E-state index in [1.165, 1.54) is 18.4 Å². The molecule has 1 aromatic rings. The summed E-state index contributed by atoms with van der Waals surface area (Å²) >= 11 is 0. The van der Waals surface area contributed by atoms with E-state index >= 15 is 0 Å². The number of ether oxygens (including phenoxy) is 1. The second kappa shape index (κ2) is 9.04. The van der Waals surface area contributed by atoms with Crippen molar-refractivity contribution in [2.75, 3.05) is 26.7 Å². The van der Waals surface area contributed by atoms with Crippen LogP contribution in [-0.2, 0) is 11.2 Å². The Morgan fingerprint density at radius 3 is 2.62 bits per heavy atom. The Morgan fingerprint density at radius 1 is 1.35 bits per heavy atom. The van der Waals surface area contributed by atoms with Crippen LogP contribution in [0, 0.1) is 0 Å². The number of amides is 1. The number of carbonyl (C=O) groups excluding carboxylic acids is 1. The van der Waals surface area contributed by atoms with Crippen LogP contribution in [0.3, 0.4) is 0 Å². The highest BCUT2D eigenvalue weighted by Gasteiger charge is 2.31. The van der Waals surface area contributed by atoms with Gasteiger partial charge in [0, 0.05) is 32.2 Å². The van der Waals surface area contributed by atoms with Crippen LogP contribution in [0.15, 0.2) is 54.6 Å². The Morgan fingerprint density at radius 2 is 2.04 bits per heavy atom. The van der Waals surface area contributed by atoms with Gasteiger partial charge in [0.25, 0.3) is 0 Å². The summed E-state index contributed by atoms with van der Waals surface area (Å²) in [5.41, 5.74) is 2.99. The topological polar surface area (TPSA) is 32.8 Å². The highest BCUT2D eigenvalue weighted by atomic mass is 16.6. The summed E-state index contributed by atoms with van der Waals surface area (Å²) in [5.74, 6) is 0. The predicted molar refractivity (Wildman–Crippen MR) is 105 cm³/mol. The second-order valence-electron chi connectivity index (χ2n) is 7.27. The van der Waals surface area contributed by atoms with Crippen LogP contribution in [0.2, 0.25) is 0 Å². The van der Waals surface area contributed by atoms with Gasteiger partial charge in [-0.15, -0.1) is 0 Å². The lowest BCUT2D eigenvalue weighted by Gasteiger charge is -2.42. The van der Waals surface area contributed by atoms with Gasteiger partial charge in [-0.1, -0.05) is 54.6 Å². The van der Waals surface area contributed by atoms with Gasteiger partial charge in [0.1, 0.15) is 6.61 Å². The van der Waals surface area contributed by atoms with Crippen molar-refractivity contribution in [1.82, 2.24) is 9.80 Å². The quantitative estimate of drug-likeness (QED) is 0.693. The summed E-state index contributed by atoms with van der Waals surface area (Å²) in [6, 6.07) is 11.5. The molecular formula is C22H30N2O2. The molecule has 1 atom stereocenters. The van der Waals surface area contributed by atoms with E-state index in [1.807, 2.05) is 7.05 Å². The van der Waals surface area contributed by atoms with Crippen LogP contribution < -0.4 is 0 Å². The first-order chi connectivity index (χ1) is 12.7. The van der Waals surface area contributed by atoms with Crippen LogP contribution in [0.25, 0.3) is 0 Å². The fourth-order valence-corrected chi connectivity index (χ4v) is 3.91. The number of nitrogens with zero attached hydrogens (tertiary/aromatic N) is 2. The van der Waals surface area contributed by atoms with E-state index in [4.69, 9.17) is 4.74 Å². The van der Waals surface area contributed by atoms with Crippen LogP contribution in [0.4, 0.5) is 4.79 Å². The van der Waals surface area contributed by atoms with Gasteiger partial charge < -0.3 is 9.64 Å². The van der Waals surface area contributed by atoms with Gasteiger partial charge in [-0.3, -0.25) is 4.90 Å². The number of allylic oxidation sites excluding steroid dienone is 1. The Balaban J connectivity index is 1.57. The van der Waals surface area contributed by atoms with Crippen molar-refractivity contribution in [3.05, 3.63) is 60.2 Å². The first-order valence-electron chi connectivity index (χ1n) is 9.66. The molecule has 1 unspecified atom stereocenters. The van der Waals surface area contributed by atoms with Gasteiger partial charge in [-0.25, -0.2) is 4.79 Å². The van der Waals surface area contributed by atoms with Gasteiger partial charge in [0.05, 0.1) is 0 Å². The Bertz CT molecular complexity index is 633. The highest BCUT2D eigenvalue weighted by molar-refractivity contribution is 5.67. The summed E-state index contributed by atoms with van der Waals surface area (Å²) in [7, 11) is 1.85. The molecule has 4 nitrogen and oxygen atoms in total. The average Bonchev–Trinajstić information content (AvgIpc) is 2.64. The molecule has 1 fully saturated rings. The molecule has 1 aliphatic heterocycles. The van der Waals surface area contributed by atoms with E-state index in [0.717, 1.165) is 32.4 Å². The molecule has 0 aromatic heterocycles. The molecule has 0 radical (unpaired) electrons. The summed E-state index contributed by atoms with van der Waals surface area (Å²) in [6.07, 6.45) is 9.28. The van der Waals surface area contributed by atoms with Crippen molar-refractivity contribution in [2.24, 2.45) is 0 Å². The molecule has 1 amide bonds. The van der Waals surface area contributed by atoms with E-state index in [-0.39, 0.29) is 18.7 Å². The number of piperidine rings is 1. The van der Waals surface area contributed by atoms with Crippen molar-refractivity contribution in [3.63, 3.8) is 0 Å². The molecule has 3 rings (SSSR count). The van der Waals surface area contributed by atoms with Gasteiger partial charge in [-0.05, 0) is 37.7 Å². The summed E-state index contributed by atoms with van der Waals surface area (Å²) in [4.78, 5) is 16.4. The number of carbonyl (C=O) groups is 1. The third-order valence-electron chi connectivity index (χ3n) is 5.64. The third kappa shape index (κ3) is 4.55. The maximum absolute atomic E-state index is 12.1. The number of benzene rings is 1. The normalized spacial score (nSPS) is 19.2. The lowest BCUT2D eigenvalue weighted by atomic mass is 9.86. The molecule has 4 heteroatoms. The standard InChI is InChI=1S/C22H30N2O2/c1-3-16-26-22(25)23(2)20-12-14-24(15-13-20)21(19-10-7-11-19)17-18-8-5-4-6-9-18/h3-6,8-10,20-21H,1,7,11-17H2,2H3. The van der Waals surface area contributed by atoms with Gasteiger partial charge in [0.15, 0.2) is 0 Å². The smallest absolute Gasteiger partial charge is 0.410 e. The number of likely N-dealkylation sites (tertiary alicyclic amines) is 1. The van der Waals surface area contributed by atoms with E-state index < -0.39 is 0 Å². The molecule has 0 saturated carbocycles. The fraction of sp³-hybridized carbons (Fsp3) is 0.500. The summed E-state index contributed by atoms with van der Waals surface area (Å²) in [5, 5.41) is 0. The van der Waals surface area contributed by atoms with E-state index in [1.54, 1.807) is 16.5 Å². The zero-order chi connectivity index (χ0) is 18.4. The molecule has 2 aliphatic rings. The molecule has 26 heavy (non-hydrogen) atoms. The Labute approximate surface area is 157 Å². The summed E-state index contributed by atoms with van der Waals surface area (Å²) < 4.78 is 5.17. The van der Waals surface area contributed by atoms with Gasteiger partial charge in [-0.2, -0.15) is 0 Å². The molecule has 1 saturated heterocycles. The molecule has 140 valence electrons. The molecule has 0 spiro atoms. The average molecular weight is 354 g/mol. The first kappa shape index (κ1) is 18.7. The van der Waals surface area contributed by atoms with Crippen LogP contribution >= 0.6 is 0 Å². The summed E-state index contributed by atoms with van der Waals surface area (Å²) in [6.45, 7) is 5.92. The second-order valence-corrected chi connectivity index (χ2v) is 7.27. The molecular weight excluding hydrogens is 324 g/mol. The largest absolute Gasteiger partial charge is 0.445 e. The first-order valence-corrected chi connectivity index (χ1v) is 9.66. The lowest BCUT2D eigenvalue weighted by Crippen LogP contribution is -2.50. The number of hydrogen-bond donors (Lipinski definition) is 0. The third-order valence-corrected chi connectivity index (χ3v) is 5.64. The van der Waals surface area contributed by atoms with Crippen molar-refractivity contribution in [3.8, 4) is 0 Å². The molecule has 1 aromatic carbocycles. The van der Waals surface area contributed by atoms with Crippen LogP contribution in [0.5, 0.6) is 0 Å². The van der Waals surface area contributed by atoms with Crippen molar-refractivity contribution < 1.29 is 9.53 Å². The molecule has 0 N–H and O–H groups in total. The van der Waals surface area contributed by atoms with Gasteiger partial charge in [0.2, 0.25) is 0 Å². The SMILES string of the molecule is C=CCOC(=O)N(C)C1CCN(C(Cc2ccccc2)C2=CCC2)CC1. The molecule has 0 bridgehead atoms. The molecule has 1 aliphatic carbocycles. The maximum atomic E-state index is 12.1. The van der Waals surface area contributed by atoms with Gasteiger partial charge >= 0.3 is 6.09 Å². The zero-order valence-electron chi connectivity index (χ0n) is 15.8. The minimum Gasteiger partial charge on any atom is -0.445 e. The number of rotatable bonds is 7. The predicted octanol–water partition coefficient (Wildman–Crippen LogP) is 4.04. The highest BCUT2D eigenvalue weighted by Crippen LogP contribution is 2.30. The lowest BCUT2D eigenvalue weighted by molar-refractivity contribution is 0.0761. The minimum absolute atomic E-state index is 0.245. The number of hydrogen-bond acceptors (Lipinski definition) is 3. The Hall–Kier alpha value is -2.07. The maximum Gasteiger partial charge on any atom is 0.410 e. The van der Waals surface area contributed by atoms with Crippen LogP contribution in [-0.4, -0.2) is 54.7 Å². The van der Waals surface area contributed by atoms with E-state index in [2.05, 4.69) is 47.9 Å². The van der Waals surface area contributed by atoms with E-state index in [0.29, 0.717) is 6.04 Å². The van der Waals surface area contributed by atoms with E-state index in [9.17, 15) is 4.79 Å². The monoisotopic (exact) mass is 354 g/mol.